The number of aromatic nitrogens is 6. The second kappa shape index (κ2) is 20.0. The molecule has 0 saturated heterocycles. The molecule has 0 radical (unpaired) electrons. The van der Waals surface area contributed by atoms with Crippen molar-refractivity contribution < 1.29 is 22.0 Å². The number of nitrogens with zero attached hydrogens (tertiary/aromatic N) is 6. The van der Waals surface area contributed by atoms with Crippen molar-refractivity contribution in [3.05, 3.63) is 314 Å². The zero-order valence-corrected chi connectivity index (χ0v) is 50.9. The Bertz CT molecular complexity index is 5800. The highest BCUT2D eigenvalue weighted by atomic mass is 19.4. The maximum Gasteiger partial charge on any atom is 0.420 e. The Morgan fingerprint density at radius 2 is 0.427 bits per heavy atom. The van der Waals surface area contributed by atoms with Crippen LogP contribution >= 0.6 is 0 Å². The summed E-state index contributed by atoms with van der Waals surface area (Å²) in [4.78, 5) is 0. The highest BCUT2D eigenvalue weighted by Crippen LogP contribution is 2.49. The highest BCUT2D eigenvalue weighted by molar-refractivity contribution is 6.17. The number of rotatable bonds is 7. The second-order valence-corrected chi connectivity index (χ2v) is 24.9. The van der Waals surface area contributed by atoms with Crippen LogP contribution in [0.15, 0.2) is 297 Å². The van der Waals surface area contributed by atoms with Crippen LogP contribution in [0.4, 0.5) is 22.0 Å². The zero-order valence-electron chi connectivity index (χ0n) is 50.9. The Morgan fingerprint density at radius 1 is 0.208 bits per heavy atom. The lowest BCUT2D eigenvalue weighted by Crippen LogP contribution is -2.16. The molecule has 0 fully saturated rings. The predicted molar refractivity (Wildman–Crippen MR) is 383 cm³/mol. The lowest BCUT2D eigenvalue weighted by molar-refractivity contribution is -0.137. The van der Waals surface area contributed by atoms with E-state index in [2.05, 4.69) is 140 Å². The molecule has 6 heterocycles. The Labute approximate surface area is 543 Å². The van der Waals surface area contributed by atoms with Crippen molar-refractivity contribution in [1.82, 2.24) is 27.4 Å². The summed E-state index contributed by atoms with van der Waals surface area (Å²) in [5, 5.41) is 11.1. The summed E-state index contributed by atoms with van der Waals surface area (Å²) in [6.07, 6.45) is -5.10. The summed E-state index contributed by atoms with van der Waals surface area (Å²) in [6, 6.07) is 95.5. The van der Waals surface area contributed by atoms with E-state index in [-0.39, 0.29) is 16.9 Å². The molecule has 454 valence electrons. The summed E-state index contributed by atoms with van der Waals surface area (Å²) in [5.41, 5.74) is 10.5. The van der Waals surface area contributed by atoms with Crippen molar-refractivity contribution in [2.75, 3.05) is 0 Å². The maximum absolute atomic E-state index is 17.8. The molecule has 6 nitrogen and oxygen atoms in total. The summed E-state index contributed by atoms with van der Waals surface area (Å²) in [6.45, 7) is 0. The van der Waals surface area contributed by atoms with Gasteiger partial charge in [0, 0.05) is 87.4 Å². The van der Waals surface area contributed by atoms with Gasteiger partial charge in [0.2, 0.25) is 0 Å². The molecule has 0 bridgehead atoms. The fourth-order valence-electron chi connectivity index (χ4n) is 16.0. The monoisotopic (exact) mass is 1250 g/mol. The number of alkyl halides is 3. The van der Waals surface area contributed by atoms with Crippen LogP contribution in [-0.2, 0) is 6.18 Å². The Hall–Kier alpha value is -12.5. The first-order chi connectivity index (χ1) is 47.1. The van der Waals surface area contributed by atoms with Crippen LogP contribution in [0, 0.1) is 11.6 Å². The van der Waals surface area contributed by atoms with Crippen LogP contribution in [-0.4, -0.2) is 27.4 Å². The molecule has 20 rings (SSSR count). The van der Waals surface area contributed by atoms with Crippen molar-refractivity contribution in [3.63, 3.8) is 0 Å². The molecule has 6 aromatic heterocycles. The smallest absolute Gasteiger partial charge is 0.309 e. The molecule has 11 heteroatoms. The second-order valence-electron chi connectivity index (χ2n) is 24.9. The topological polar surface area (TPSA) is 29.6 Å². The first kappa shape index (κ1) is 54.1. The van der Waals surface area contributed by atoms with E-state index < -0.39 is 28.9 Å². The Balaban J connectivity index is 0.916. The lowest BCUT2D eigenvalue weighted by atomic mass is 9.98. The van der Waals surface area contributed by atoms with E-state index in [0.717, 1.165) is 122 Å². The number of hydrogen-bond donors (Lipinski definition) is 0. The minimum Gasteiger partial charge on any atom is -0.309 e. The van der Waals surface area contributed by atoms with E-state index in [0.29, 0.717) is 43.6 Å². The van der Waals surface area contributed by atoms with Crippen LogP contribution in [0.3, 0.4) is 0 Å². The van der Waals surface area contributed by atoms with Gasteiger partial charge < -0.3 is 27.4 Å². The fraction of sp³-hybridized carbons (Fsp3) is 0.0118. The predicted octanol–water partition coefficient (Wildman–Crippen LogP) is 23.2. The molecule has 0 aliphatic heterocycles. The molecule has 0 atom stereocenters. The van der Waals surface area contributed by atoms with Gasteiger partial charge in [-0.3, -0.25) is 0 Å². The Kier molecular flexibility index (Phi) is 11.3. The zero-order chi connectivity index (χ0) is 63.8. The molecular weight excluding hydrogens is 1200 g/mol. The number of fused-ring (bicyclic) bond motifs is 18. The van der Waals surface area contributed by atoms with Crippen LogP contribution in [0.1, 0.15) is 5.56 Å². The van der Waals surface area contributed by atoms with Crippen LogP contribution < -0.4 is 0 Å². The van der Waals surface area contributed by atoms with E-state index in [1.165, 1.54) is 18.2 Å². The van der Waals surface area contributed by atoms with E-state index in [9.17, 15) is 0 Å². The molecular formula is C85H49F5N6. The van der Waals surface area contributed by atoms with Crippen LogP contribution in [0.5, 0.6) is 0 Å². The molecule has 96 heavy (non-hydrogen) atoms. The standard InChI is InChI=1S/C85H49F5N6/c86-67-26-17-27-68(87)83(67)50-44-81(95-77-40-36-51(91-69-28-9-1-18-55(69)56-19-2-10-29-70(56)91)46-63(77)64-47-52(37-41-78(64)95)92-71-30-11-3-20-57(71)58-21-4-12-31-72(58)92)84(85(88,89)90)82(45-50)96-79-42-38-53(93-73-32-13-5-22-59(73)60-23-6-14-33-74(60)93)48-65(79)66-49-54(39-43-80(66)96)94-75-34-15-7-24-61(75)62-25-8-16-35-76(62)94/h1-49H. The van der Waals surface area contributed by atoms with Gasteiger partial charge in [0.25, 0.3) is 0 Å². The first-order valence-corrected chi connectivity index (χ1v) is 31.9. The third kappa shape index (κ3) is 7.61. The van der Waals surface area contributed by atoms with Gasteiger partial charge in [0.15, 0.2) is 0 Å². The SMILES string of the molecule is Fc1cccc(F)c1-c1cc(-n2c3ccc(-n4c5ccccc5c5ccccc54)cc3c3cc(-n4c5ccccc5c5ccccc54)ccc32)c(C(F)(F)F)c(-n2c3ccc(-n4c5ccccc5c5ccccc54)cc3c3cc(-n4c5ccccc5c5ccccc54)ccc32)c1. The third-order valence-electron chi connectivity index (χ3n) is 19.9. The Morgan fingerprint density at radius 3 is 0.656 bits per heavy atom. The van der Waals surface area contributed by atoms with Gasteiger partial charge in [0.05, 0.1) is 83.1 Å². The molecule has 0 aliphatic carbocycles. The quantitative estimate of drug-likeness (QED) is 0.142. The normalized spacial score (nSPS) is 12.4. The average molecular weight is 1250 g/mol. The maximum atomic E-state index is 17.8. The highest BCUT2D eigenvalue weighted by Gasteiger charge is 2.40. The van der Waals surface area contributed by atoms with Gasteiger partial charge in [-0.25, -0.2) is 8.78 Å². The minimum atomic E-state index is -5.10. The molecule has 0 spiro atoms. The largest absolute Gasteiger partial charge is 0.420 e. The van der Waals surface area contributed by atoms with E-state index in [1.54, 1.807) is 9.13 Å². The van der Waals surface area contributed by atoms with E-state index in [1.807, 2.05) is 146 Å². The van der Waals surface area contributed by atoms with E-state index in [4.69, 9.17) is 0 Å². The molecule has 0 aliphatic rings. The molecule has 20 aromatic rings. The molecule has 0 saturated carbocycles. The summed E-state index contributed by atoms with van der Waals surface area (Å²) in [7, 11) is 0. The molecule has 0 N–H and O–H groups in total. The fourth-order valence-corrected chi connectivity index (χ4v) is 16.0. The van der Waals surface area contributed by atoms with Gasteiger partial charge in [-0.05, 0) is 151 Å². The van der Waals surface area contributed by atoms with Crippen LogP contribution in [0.25, 0.3) is 176 Å². The van der Waals surface area contributed by atoms with Crippen molar-refractivity contribution in [1.29, 1.82) is 0 Å². The van der Waals surface area contributed by atoms with Crippen molar-refractivity contribution >= 4 is 131 Å². The molecule has 0 unspecified atom stereocenters. The lowest BCUT2D eigenvalue weighted by Gasteiger charge is -2.23. The van der Waals surface area contributed by atoms with Gasteiger partial charge in [-0.2, -0.15) is 13.2 Å². The van der Waals surface area contributed by atoms with Crippen LogP contribution in [0.2, 0.25) is 0 Å². The van der Waals surface area contributed by atoms with Gasteiger partial charge >= 0.3 is 6.18 Å². The third-order valence-corrected chi connectivity index (χ3v) is 19.9. The summed E-state index contributed by atoms with van der Waals surface area (Å²) >= 11 is 0. The first-order valence-electron chi connectivity index (χ1n) is 31.9. The number of hydrogen-bond acceptors (Lipinski definition) is 0. The van der Waals surface area contributed by atoms with Gasteiger partial charge in [-0.1, -0.05) is 152 Å². The number of halogens is 5. The summed E-state index contributed by atoms with van der Waals surface area (Å²) in [5.74, 6) is -1.84. The molecule has 14 aromatic carbocycles. The number of para-hydroxylation sites is 8. The van der Waals surface area contributed by atoms with Crippen molar-refractivity contribution in [2.24, 2.45) is 0 Å². The van der Waals surface area contributed by atoms with Crippen molar-refractivity contribution in [3.8, 4) is 45.3 Å². The van der Waals surface area contributed by atoms with E-state index >= 15 is 22.0 Å². The number of benzene rings is 14. The van der Waals surface area contributed by atoms with Gasteiger partial charge in [-0.15, -0.1) is 0 Å². The van der Waals surface area contributed by atoms with Gasteiger partial charge in [0.1, 0.15) is 17.2 Å². The average Bonchev–Trinajstić information content (AvgIpc) is 1.58. The minimum absolute atomic E-state index is 0.0822. The van der Waals surface area contributed by atoms with Crippen molar-refractivity contribution in [2.45, 2.75) is 6.18 Å². The summed E-state index contributed by atoms with van der Waals surface area (Å²) < 4.78 is 99.4. The molecule has 0 amide bonds.